The number of likely N-dealkylation sites (tertiary alicyclic amines) is 1. The molecule has 1 aliphatic rings. The second-order valence-corrected chi connectivity index (χ2v) is 5.63. The Morgan fingerprint density at radius 3 is 2.58 bits per heavy atom. The molecule has 0 N–H and O–H groups in total. The maximum Gasteiger partial charge on any atom is 0.416 e. The summed E-state index contributed by atoms with van der Waals surface area (Å²) < 4.78 is 52.0. The third-order valence-corrected chi connectivity index (χ3v) is 3.55. The summed E-state index contributed by atoms with van der Waals surface area (Å²) in [6.07, 6.45) is -4.41. The van der Waals surface area contributed by atoms with Crippen LogP contribution in [0.15, 0.2) is 18.2 Å². The monoisotopic (exact) mass is 339 g/mol. The Kier molecular flexibility index (Phi) is 3.85. The minimum atomic E-state index is -4.63. The normalized spacial score (nSPS) is 20.2. The van der Waals surface area contributed by atoms with E-state index in [2.05, 4.69) is 15.9 Å². The molecule has 0 radical (unpaired) electrons. The number of carbonyl (C=O) groups excluding carboxylic acids is 1. The minimum absolute atomic E-state index is 0.0962. The van der Waals surface area contributed by atoms with E-state index < -0.39 is 23.1 Å². The Morgan fingerprint density at radius 1 is 1.37 bits per heavy atom. The van der Waals surface area contributed by atoms with Crippen LogP contribution in [0.5, 0.6) is 0 Å². The van der Waals surface area contributed by atoms with E-state index in [4.69, 9.17) is 0 Å². The van der Waals surface area contributed by atoms with Crippen LogP contribution in [0.1, 0.15) is 17.5 Å². The number of rotatable bonds is 2. The molecule has 0 aliphatic carbocycles. The fourth-order valence-corrected chi connectivity index (χ4v) is 2.68. The SMILES string of the molecule is O=C1CC(Br)CN1Cc1c(F)cccc1C(F)(F)F. The highest BCUT2D eigenvalue weighted by atomic mass is 79.9. The van der Waals surface area contributed by atoms with Gasteiger partial charge in [-0.05, 0) is 12.1 Å². The number of nitrogens with zero attached hydrogens (tertiary/aromatic N) is 1. The highest BCUT2D eigenvalue weighted by Gasteiger charge is 2.36. The fraction of sp³-hybridized carbons (Fsp3) is 0.417. The quantitative estimate of drug-likeness (QED) is 0.597. The van der Waals surface area contributed by atoms with Crippen molar-refractivity contribution in [3.63, 3.8) is 0 Å². The summed E-state index contributed by atoms with van der Waals surface area (Å²) in [5, 5.41) is 0. The first-order chi connectivity index (χ1) is 8.79. The van der Waals surface area contributed by atoms with Gasteiger partial charge < -0.3 is 4.90 Å². The van der Waals surface area contributed by atoms with Gasteiger partial charge in [0, 0.05) is 29.9 Å². The van der Waals surface area contributed by atoms with Crippen molar-refractivity contribution < 1.29 is 22.4 Å². The molecule has 1 saturated heterocycles. The first-order valence-corrected chi connectivity index (χ1v) is 6.47. The summed E-state index contributed by atoms with van der Waals surface area (Å²) in [7, 11) is 0. The average Bonchev–Trinajstić information content (AvgIpc) is 2.59. The average molecular weight is 340 g/mol. The molecule has 7 heteroatoms. The summed E-state index contributed by atoms with van der Waals surface area (Å²) in [6, 6.07) is 2.81. The lowest BCUT2D eigenvalue weighted by Gasteiger charge is -2.20. The van der Waals surface area contributed by atoms with Gasteiger partial charge in [-0.25, -0.2) is 4.39 Å². The lowest BCUT2D eigenvalue weighted by atomic mass is 10.1. The van der Waals surface area contributed by atoms with Crippen LogP contribution in [-0.4, -0.2) is 22.2 Å². The lowest BCUT2D eigenvalue weighted by molar-refractivity contribution is -0.139. The van der Waals surface area contributed by atoms with Crippen LogP contribution in [0, 0.1) is 5.82 Å². The second-order valence-electron chi connectivity index (χ2n) is 4.34. The maximum atomic E-state index is 13.6. The summed E-state index contributed by atoms with van der Waals surface area (Å²) in [5.74, 6) is -1.22. The van der Waals surface area contributed by atoms with Crippen molar-refractivity contribution in [1.82, 2.24) is 4.90 Å². The smallest absolute Gasteiger partial charge is 0.337 e. The Hall–Kier alpha value is -1.11. The molecule has 0 bridgehead atoms. The number of amides is 1. The van der Waals surface area contributed by atoms with Gasteiger partial charge in [-0.2, -0.15) is 13.2 Å². The van der Waals surface area contributed by atoms with Gasteiger partial charge in [-0.15, -0.1) is 0 Å². The van der Waals surface area contributed by atoms with Gasteiger partial charge in [0.2, 0.25) is 5.91 Å². The summed E-state index contributed by atoms with van der Waals surface area (Å²) in [6.45, 7) is -0.0765. The van der Waals surface area contributed by atoms with Crippen LogP contribution in [0.4, 0.5) is 17.6 Å². The van der Waals surface area contributed by atoms with E-state index >= 15 is 0 Å². The third kappa shape index (κ3) is 3.08. The van der Waals surface area contributed by atoms with Crippen LogP contribution >= 0.6 is 15.9 Å². The van der Waals surface area contributed by atoms with Crippen LogP contribution in [0.3, 0.4) is 0 Å². The van der Waals surface area contributed by atoms with Crippen molar-refractivity contribution in [2.45, 2.75) is 24.0 Å². The Morgan fingerprint density at radius 2 is 2.05 bits per heavy atom. The van der Waals surface area contributed by atoms with Gasteiger partial charge in [-0.3, -0.25) is 4.79 Å². The zero-order valence-corrected chi connectivity index (χ0v) is 11.3. The molecule has 104 valence electrons. The van der Waals surface area contributed by atoms with E-state index in [1.807, 2.05) is 0 Å². The molecule has 1 aliphatic heterocycles. The number of carbonyl (C=O) groups is 1. The molecule has 1 atom stereocenters. The van der Waals surface area contributed by atoms with E-state index in [0.29, 0.717) is 0 Å². The largest absolute Gasteiger partial charge is 0.416 e. The predicted octanol–water partition coefficient (Wildman–Crippen LogP) is 3.34. The predicted molar refractivity (Wildman–Crippen MR) is 64.2 cm³/mol. The summed E-state index contributed by atoms with van der Waals surface area (Å²) in [4.78, 5) is 12.7. The number of hydrogen-bond donors (Lipinski definition) is 0. The molecular weight excluding hydrogens is 330 g/mol. The molecule has 0 spiro atoms. The van der Waals surface area contributed by atoms with E-state index in [1.165, 1.54) is 4.90 Å². The van der Waals surface area contributed by atoms with Crippen molar-refractivity contribution in [1.29, 1.82) is 0 Å². The van der Waals surface area contributed by atoms with E-state index in [0.717, 1.165) is 18.2 Å². The molecule has 0 saturated carbocycles. The molecule has 1 aromatic rings. The van der Waals surface area contributed by atoms with Crippen LogP contribution < -0.4 is 0 Å². The van der Waals surface area contributed by atoms with Crippen LogP contribution in [0.25, 0.3) is 0 Å². The highest BCUT2D eigenvalue weighted by Crippen LogP contribution is 2.34. The first-order valence-electron chi connectivity index (χ1n) is 5.55. The number of hydrogen-bond acceptors (Lipinski definition) is 1. The molecule has 1 amide bonds. The van der Waals surface area contributed by atoms with Crippen molar-refractivity contribution in [2.75, 3.05) is 6.54 Å². The standard InChI is InChI=1S/C12H10BrF4NO/c13-7-4-11(19)18(5-7)6-8-9(12(15,16)17)2-1-3-10(8)14/h1-3,7H,4-6H2. The van der Waals surface area contributed by atoms with Crippen LogP contribution in [-0.2, 0) is 17.5 Å². The lowest BCUT2D eigenvalue weighted by Crippen LogP contribution is -2.27. The fourth-order valence-electron chi connectivity index (χ4n) is 2.05. The summed E-state index contributed by atoms with van der Waals surface area (Å²) in [5.41, 5.74) is -1.51. The number of alkyl halides is 4. The van der Waals surface area contributed by atoms with Crippen LogP contribution in [0.2, 0.25) is 0 Å². The number of benzene rings is 1. The van der Waals surface area contributed by atoms with Crippen molar-refractivity contribution >= 4 is 21.8 Å². The number of halogens is 5. The molecule has 2 nitrogen and oxygen atoms in total. The second kappa shape index (κ2) is 5.11. The molecule has 1 unspecified atom stereocenters. The Labute approximate surface area is 115 Å². The topological polar surface area (TPSA) is 20.3 Å². The van der Waals surface area contributed by atoms with Gasteiger partial charge >= 0.3 is 6.18 Å². The Balaban J connectivity index is 2.32. The van der Waals surface area contributed by atoms with Crippen molar-refractivity contribution in [3.8, 4) is 0 Å². The molecule has 1 fully saturated rings. The molecular formula is C12H10BrF4NO. The van der Waals surface area contributed by atoms with Gasteiger partial charge in [0.05, 0.1) is 5.56 Å². The third-order valence-electron chi connectivity index (χ3n) is 2.94. The van der Waals surface area contributed by atoms with Crippen molar-refractivity contribution in [2.24, 2.45) is 0 Å². The van der Waals surface area contributed by atoms with Gasteiger partial charge in [0.15, 0.2) is 0 Å². The molecule has 1 aromatic carbocycles. The van der Waals surface area contributed by atoms with E-state index in [9.17, 15) is 22.4 Å². The molecule has 19 heavy (non-hydrogen) atoms. The van der Waals surface area contributed by atoms with Gasteiger partial charge in [0.25, 0.3) is 0 Å². The molecule has 0 aromatic heterocycles. The van der Waals surface area contributed by atoms with E-state index in [-0.39, 0.29) is 30.2 Å². The summed E-state index contributed by atoms with van der Waals surface area (Å²) >= 11 is 3.23. The molecule has 1 heterocycles. The van der Waals surface area contributed by atoms with E-state index in [1.54, 1.807) is 0 Å². The first kappa shape index (κ1) is 14.3. The minimum Gasteiger partial charge on any atom is -0.337 e. The van der Waals surface area contributed by atoms with Gasteiger partial charge in [0.1, 0.15) is 5.82 Å². The maximum absolute atomic E-state index is 13.6. The zero-order valence-electron chi connectivity index (χ0n) is 9.68. The van der Waals surface area contributed by atoms with Gasteiger partial charge in [-0.1, -0.05) is 22.0 Å². The zero-order chi connectivity index (χ0) is 14.2. The highest BCUT2D eigenvalue weighted by molar-refractivity contribution is 9.09. The van der Waals surface area contributed by atoms with Crippen molar-refractivity contribution in [3.05, 3.63) is 35.1 Å². The molecule has 2 rings (SSSR count). The Bertz CT molecular complexity index is 503.